The number of amides is 1. The number of furan rings is 1. The third-order valence-electron chi connectivity index (χ3n) is 5.68. The first-order chi connectivity index (χ1) is 14.1. The zero-order chi connectivity index (χ0) is 20.0. The van der Waals surface area contributed by atoms with Crippen LogP contribution in [0.4, 0.5) is 0 Å². The molecule has 4 nitrogen and oxygen atoms in total. The van der Waals surface area contributed by atoms with Gasteiger partial charge >= 0.3 is 0 Å². The highest BCUT2D eigenvalue weighted by Gasteiger charge is 2.32. The minimum Gasteiger partial charge on any atom is -0.493 e. The summed E-state index contributed by atoms with van der Waals surface area (Å²) >= 11 is 5.98. The second-order valence-electron chi connectivity index (χ2n) is 7.46. The van der Waals surface area contributed by atoms with Crippen LogP contribution in [-0.2, 0) is 11.3 Å². The Kier molecular flexibility index (Phi) is 4.44. The van der Waals surface area contributed by atoms with Crippen molar-refractivity contribution in [3.8, 4) is 5.75 Å². The monoisotopic (exact) mass is 405 g/mol. The van der Waals surface area contributed by atoms with Crippen LogP contribution in [0.5, 0.6) is 5.75 Å². The van der Waals surface area contributed by atoms with E-state index in [2.05, 4.69) is 12.1 Å². The first kappa shape index (κ1) is 18.1. The average Bonchev–Trinajstić information content (AvgIpc) is 3.30. The van der Waals surface area contributed by atoms with E-state index in [0.717, 1.165) is 33.1 Å². The summed E-state index contributed by atoms with van der Waals surface area (Å²) in [5, 5.41) is 2.80. The first-order valence-corrected chi connectivity index (χ1v) is 10.0. The maximum Gasteiger partial charge on any atom is 0.223 e. The van der Waals surface area contributed by atoms with E-state index in [1.54, 1.807) is 7.11 Å². The van der Waals surface area contributed by atoms with Gasteiger partial charge in [0.15, 0.2) is 11.3 Å². The van der Waals surface area contributed by atoms with Gasteiger partial charge in [-0.1, -0.05) is 48.0 Å². The summed E-state index contributed by atoms with van der Waals surface area (Å²) in [6.07, 6.45) is 0.495. The summed E-state index contributed by atoms with van der Waals surface area (Å²) < 4.78 is 11.6. The van der Waals surface area contributed by atoms with Crippen molar-refractivity contribution < 1.29 is 13.9 Å². The standard InChI is InChI=1S/C24H20ClNO3/c1-28-21-11-10-18(23-19-4-2-3-5-20(19)29-24(21)23)16-12-22(27)26(14-16)13-15-6-8-17(25)9-7-15/h2-11,16H,12-14H2,1H3. The minimum absolute atomic E-state index is 0.115. The van der Waals surface area contributed by atoms with Crippen LogP contribution in [0, 0.1) is 0 Å². The number of carbonyl (C=O) groups is 1. The molecule has 0 saturated carbocycles. The molecule has 3 aromatic carbocycles. The van der Waals surface area contributed by atoms with Crippen molar-refractivity contribution in [2.45, 2.75) is 18.9 Å². The Morgan fingerprint density at radius 3 is 2.69 bits per heavy atom. The number of nitrogens with zero attached hydrogens (tertiary/aromatic N) is 1. The molecule has 0 N–H and O–H groups in total. The van der Waals surface area contributed by atoms with Gasteiger partial charge in [-0.2, -0.15) is 0 Å². The fraction of sp³-hybridized carbons (Fsp3) is 0.208. The fourth-order valence-electron chi connectivity index (χ4n) is 4.27. The van der Waals surface area contributed by atoms with Crippen molar-refractivity contribution in [1.29, 1.82) is 0 Å². The SMILES string of the molecule is COc1ccc(C2CC(=O)N(Cc3ccc(Cl)cc3)C2)c2c1oc1ccccc12. The van der Waals surface area contributed by atoms with Crippen LogP contribution in [0.15, 0.2) is 65.1 Å². The molecule has 1 unspecified atom stereocenters. The van der Waals surface area contributed by atoms with Gasteiger partial charge in [0.25, 0.3) is 0 Å². The number of carbonyl (C=O) groups excluding carboxylic acids is 1. The molecule has 0 spiro atoms. The van der Waals surface area contributed by atoms with Gasteiger partial charge in [-0.25, -0.2) is 0 Å². The van der Waals surface area contributed by atoms with Gasteiger partial charge in [-0.05, 0) is 35.4 Å². The molecule has 1 saturated heterocycles. The number of likely N-dealkylation sites (tertiary alicyclic amines) is 1. The number of para-hydroxylation sites is 1. The molecule has 4 aromatic rings. The Labute approximate surface area is 173 Å². The van der Waals surface area contributed by atoms with Gasteiger partial charge < -0.3 is 14.1 Å². The van der Waals surface area contributed by atoms with Crippen molar-refractivity contribution >= 4 is 39.4 Å². The Morgan fingerprint density at radius 2 is 1.90 bits per heavy atom. The predicted molar refractivity (Wildman–Crippen MR) is 114 cm³/mol. The van der Waals surface area contributed by atoms with Crippen molar-refractivity contribution in [1.82, 2.24) is 4.90 Å². The number of halogens is 1. The first-order valence-electron chi connectivity index (χ1n) is 9.64. The highest BCUT2D eigenvalue weighted by Crippen LogP contribution is 2.42. The number of hydrogen-bond donors (Lipinski definition) is 0. The Morgan fingerprint density at radius 1 is 1.10 bits per heavy atom. The van der Waals surface area contributed by atoms with Crippen LogP contribution in [-0.4, -0.2) is 24.5 Å². The second kappa shape index (κ2) is 7.12. The Hall–Kier alpha value is -2.98. The Bertz CT molecular complexity index is 1210. The largest absolute Gasteiger partial charge is 0.493 e. The summed E-state index contributed by atoms with van der Waals surface area (Å²) in [5.74, 6) is 0.994. The van der Waals surface area contributed by atoms with Crippen LogP contribution < -0.4 is 4.74 Å². The number of fused-ring (bicyclic) bond motifs is 3. The average molecular weight is 406 g/mol. The minimum atomic E-state index is 0.115. The van der Waals surface area contributed by atoms with Crippen LogP contribution in [0.2, 0.25) is 5.02 Å². The quantitative estimate of drug-likeness (QED) is 0.433. The molecular weight excluding hydrogens is 386 g/mol. The van der Waals surface area contributed by atoms with E-state index < -0.39 is 0 Å². The third-order valence-corrected chi connectivity index (χ3v) is 5.94. The lowest BCUT2D eigenvalue weighted by molar-refractivity contribution is -0.128. The summed E-state index contributed by atoms with van der Waals surface area (Å²) in [6.45, 7) is 1.28. The lowest BCUT2D eigenvalue weighted by atomic mass is 9.93. The molecule has 1 fully saturated rings. The summed E-state index contributed by atoms with van der Waals surface area (Å²) in [5.41, 5.74) is 3.79. The topological polar surface area (TPSA) is 42.7 Å². The van der Waals surface area contributed by atoms with Crippen LogP contribution in [0.1, 0.15) is 23.5 Å². The van der Waals surface area contributed by atoms with E-state index in [9.17, 15) is 4.79 Å². The molecule has 1 aromatic heterocycles. The zero-order valence-corrected chi connectivity index (χ0v) is 16.8. The van der Waals surface area contributed by atoms with E-state index in [1.807, 2.05) is 53.4 Å². The summed E-state index contributed by atoms with van der Waals surface area (Å²) in [4.78, 5) is 14.7. The molecule has 5 heteroatoms. The van der Waals surface area contributed by atoms with Gasteiger partial charge in [-0.15, -0.1) is 0 Å². The summed E-state index contributed by atoms with van der Waals surface area (Å²) in [6, 6.07) is 19.7. The van der Waals surface area contributed by atoms with Crippen molar-refractivity contribution in [2.75, 3.05) is 13.7 Å². The van der Waals surface area contributed by atoms with Gasteiger partial charge in [0, 0.05) is 41.2 Å². The van der Waals surface area contributed by atoms with E-state index in [1.165, 1.54) is 0 Å². The molecule has 0 aliphatic carbocycles. The number of benzene rings is 3. The molecule has 1 aliphatic heterocycles. The fourth-order valence-corrected chi connectivity index (χ4v) is 4.40. The molecule has 5 rings (SSSR count). The number of hydrogen-bond acceptors (Lipinski definition) is 3. The third kappa shape index (κ3) is 3.14. The summed E-state index contributed by atoms with van der Waals surface area (Å²) in [7, 11) is 1.65. The molecule has 1 amide bonds. The van der Waals surface area contributed by atoms with Crippen LogP contribution in [0.25, 0.3) is 21.9 Å². The molecule has 1 aliphatic rings. The smallest absolute Gasteiger partial charge is 0.223 e. The number of rotatable bonds is 4. The van der Waals surface area contributed by atoms with Crippen molar-refractivity contribution in [3.05, 3.63) is 76.8 Å². The zero-order valence-electron chi connectivity index (χ0n) is 16.0. The van der Waals surface area contributed by atoms with E-state index in [-0.39, 0.29) is 11.8 Å². The molecule has 0 bridgehead atoms. The van der Waals surface area contributed by atoms with Crippen LogP contribution in [0.3, 0.4) is 0 Å². The number of methoxy groups -OCH3 is 1. The normalized spacial score (nSPS) is 16.8. The molecule has 2 heterocycles. The van der Waals surface area contributed by atoms with E-state index in [0.29, 0.717) is 30.3 Å². The lowest BCUT2D eigenvalue weighted by Crippen LogP contribution is -2.24. The van der Waals surface area contributed by atoms with Crippen molar-refractivity contribution in [3.63, 3.8) is 0 Å². The second-order valence-corrected chi connectivity index (χ2v) is 7.90. The molecule has 0 radical (unpaired) electrons. The molecule has 146 valence electrons. The van der Waals surface area contributed by atoms with Crippen molar-refractivity contribution in [2.24, 2.45) is 0 Å². The van der Waals surface area contributed by atoms with E-state index in [4.69, 9.17) is 20.8 Å². The highest BCUT2D eigenvalue weighted by atomic mass is 35.5. The predicted octanol–water partition coefficient (Wildman–Crippen LogP) is 5.76. The molecule has 29 heavy (non-hydrogen) atoms. The van der Waals surface area contributed by atoms with Gasteiger partial charge in [0.05, 0.1) is 7.11 Å². The van der Waals surface area contributed by atoms with E-state index >= 15 is 0 Å². The molecule has 1 atom stereocenters. The Balaban J connectivity index is 1.52. The maximum atomic E-state index is 12.7. The van der Waals surface area contributed by atoms with Gasteiger partial charge in [0.1, 0.15) is 5.58 Å². The van der Waals surface area contributed by atoms with Crippen LogP contribution >= 0.6 is 11.6 Å². The van der Waals surface area contributed by atoms with Gasteiger partial charge in [-0.3, -0.25) is 4.79 Å². The highest BCUT2D eigenvalue weighted by molar-refractivity contribution is 6.30. The lowest BCUT2D eigenvalue weighted by Gasteiger charge is -2.17. The van der Waals surface area contributed by atoms with Gasteiger partial charge in [0.2, 0.25) is 5.91 Å². The molecular formula is C24H20ClNO3. The maximum absolute atomic E-state index is 12.7. The number of ether oxygens (including phenoxy) is 1.